The fourth-order valence-electron chi connectivity index (χ4n) is 3.36. The van der Waals surface area contributed by atoms with E-state index in [1.54, 1.807) is 18.3 Å². The third-order valence-electron chi connectivity index (χ3n) is 4.98. The van der Waals surface area contributed by atoms with Crippen LogP contribution in [0, 0.1) is 12.7 Å². The highest BCUT2D eigenvalue weighted by atomic mass is 19.1. The standard InChI is InChI=1S/C25H23FN4O/c1-18-6-8-19(9-7-18)16-30-17-20(23-4-2-3-5-24(23)30)14-28-29-25(31)15-27-22-12-10-21(26)11-13-22/h2-14,17,27H,15-16H2,1H3,(H,29,31)/b28-14-. The van der Waals surface area contributed by atoms with Gasteiger partial charge in [0.1, 0.15) is 5.82 Å². The molecule has 156 valence electrons. The van der Waals surface area contributed by atoms with Gasteiger partial charge < -0.3 is 9.88 Å². The van der Waals surface area contributed by atoms with Crippen LogP contribution < -0.4 is 10.7 Å². The fourth-order valence-corrected chi connectivity index (χ4v) is 3.36. The van der Waals surface area contributed by atoms with Gasteiger partial charge in [0, 0.05) is 34.9 Å². The number of para-hydroxylation sites is 1. The molecule has 5 nitrogen and oxygen atoms in total. The number of rotatable bonds is 7. The molecular formula is C25H23FN4O. The summed E-state index contributed by atoms with van der Waals surface area (Å²) in [5.74, 6) is -0.606. The van der Waals surface area contributed by atoms with Crippen molar-refractivity contribution in [2.75, 3.05) is 11.9 Å². The number of nitrogens with zero attached hydrogens (tertiary/aromatic N) is 2. The summed E-state index contributed by atoms with van der Waals surface area (Å²) >= 11 is 0. The molecule has 0 aliphatic carbocycles. The van der Waals surface area contributed by atoms with Gasteiger partial charge in [-0.2, -0.15) is 5.10 Å². The Morgan fingerprint density at radius 1 is 1.03 bits per heavy atom. The Kier molecular flexibility index (Phi) is 6.08. The summed E-state index contributed by atoms with van der Waals surface area (Å²) in [5.41, 5.74) is 7.68. The monoisotopic (exact) mass is 414 g/mol. The lowest BCUT2D eigenvalue weighted by Crippen LogP contribution is -2.25. The molecule has 6 heteroatoms. The largest absolute Gasteiger partial charge is 0.376 e. The van der Waals surface area contributed by atoms with Gasteiger partial charge in [-0.15, -0.1) is 0 Å². The number of hydrogen-bond acceptors (Lipinski definition) is 3. The van der Waals surface area contributed by atoms with E-state index in [1.165, 1.54) is 23.3 Å². The SMILES string of the molecule is Cc1ccc(Cn2cc(/C=N\NC(=O)CNc3ccc(F)cc3)c3ccccc32)cc1. The van der Waals surface area contributed by atoms with Crippen molar-refractivity contribution in [2.24, 2.45) is 5.10 Å². The lowest BCUT2D eigenvalue weighted by molar-refractivity contribution is -0.119. The van der Waals surface area contributed by atoms with Crippen molar-refractivity contribution in [3.63, 3.8) is 0 Å². The van der Waals surface area contributed by atoms with Crippen LogP contribution in [0.1, 0.15) is 16.7 Å². The van der Waals surface area contributed by atoms with Gasteiger partial charge in [-0.3, -0.25) is 4.79 Å². The minimum Gasteiger partial charge on any atom is -0.376 e. The van der Waals surface area contributed by atoms with E-state index in [1.807, 2.05) is 24.4 Å². The average molecular weight is 414 g/mol. The van der Waals surface area contributed by atoms with Gasteiger partial charge in [0.15, 0.2) is 0 Å². The van der Waals surface area contributed by atoms with Crippen LogP contribution >= 0.6 is 0 Å². The number of amides is 1. The van der Waals surface area contributed by atoms with E-state index in [0.29, 0.717) is 5.69 Å². The van der Waals surface area contributed by atoms with E-state index in [2.05, 4.69) is 57.7 Å². The second kappa shape index (κ2) is 9.26. The first kappa shape index (κ1) is 20.3. The van der Waals surface area contributed by atoms with E-state index >= 15 is 0 Å². The van der Waals surface area contributed by atoms with Gasteiger partial charge in [0.2, 0.25) is 0 Å². The quantitative estimate of drug-likeness (QED) is 0.340. The molecule has 0 radical (unpaired) electrons. The van der Waals surface area contributed by atoms with Crippen LogP contribution in [0.25, 0.3) is 10.9 Å². The molecule has 0 saturated heterocycles. The first-order valence-corrected chi connectivity index (χ1v) is 10.0. The third kappa shape index (κ3) is 5.17. The predicted molar refractivity (Wildman–Crippen MR) is 123 cm³/mol. The first-order chi connectivity index (χ1) is 15.1. The molecule has 0 aliphatic heterocycles. The van der Waals surface area contributed by atoms with Crippen molar-refractivity contribution in [2.45, 2.75) is 13.5 Å². The van der Waals surface area contributed by atoms with Crippen molar-refractivity contribution < 1.29 is 9.18 Å². The fraction of sp³-hybridized carbons (Fsp3) is 0.120. The van der Waals surface area contributed by atoms with Gasteiger partial charge in [0.25, 0.3) is 5.91 Å². The number of hydrogen-bond donors (Lipinski definition) is 2. The van der Waals surface area contributed by atoms with Gasteiger partial charge in [0.05, 0.1) is 12.8 Å². The third-order valence-corrected chi connectivity index (χ3v) is 4.98. The van der Waals surface area contributed by atoms with Crippen molar-refractivity contribution in [1.29, 1.82) is 0 Å². The maximum absolute atomic E-state index is 12.9. The van der Waals surface area contributed by atoms with Crippen LogP contribution in [0.15, 0.2) is 84.1 Å². The lowest BCUT2D eigenvalue weighted by atomic mass is 10.1. The molecule has 0 saturated carbocycles. The highest BCUT2D eigenvalue weighted by molar-refractivity contribution is 5.99. The molecule has 1 heterocycles. The number of halogens is 1. The molecule has 1 amide bonds. The van der Waals surface area contributed by atoms with Crippen LogP contribution in [0.5, 0.6) is 0 Å². The smallest absolute Gasteiger partial charge is 0.259 e. The van der Waals surface area contributed by atoms with Gasteiger partial charge in [-0.05, 0) is 42.8 Å². The average Bonchev–Trinajstić information content (AvgIpc) is 3.12. The number of hydrazone groups is 1. The molecule has 4 aromatic rings. The van der Waals surface area contributed by atoms with E-state index in [-0.39, 0.29) is 18.3 Å². The molecule has 0 aliphatic rings. The van der Waals surface area contributed by atoms with Crippen LogP contribution in [0.4, 0.5) is 10.1 Å². The zero-order valence-corrected chi connectivity index (χ0v) is 17.2. The minimum absolute atomic E-state index is 0.0398. The number of nitrogens with one attached hydrogen (secondary N) is 2. The molecule has 0 spiro atoms. The van der Waals surface area contributed by atoms with E-state index in [4.69, 9.17) is 0 Å². The van der Waals surface area contributed by atoms with Crippen molar-refractivity contribution in [1.82, 2.24) is 9.99 Å². The Bertz CT molecular complexity index is 1210. The Labute approximate surface area is 180 Å². The molecule has 3 aromatic carbocycles. The number of aryl methyl sites for hydroxylation is 1. The Morgan fingerprint density at radius 2 is 1.77 bits per heavy atom. The Hall–Kier alpha value is -3.93. The Balaban J connectivity index is 1.42. The van der Waals surface area contributed by atoms with Gasteiger partial charge >= 0.3 is 0 Å². The van der Waals surface area contributed by atoms with E-state index in [0.717, 1.165) is 23.0 Å². The highest BCUT2D eigenvalue weighted by Crippen LogP contribution is 2.21. The predicted octanol–water partition coefficient (Wildman–Crippen LogP) is 4.70. The van der Waals surface area contributed by atoms with Crippen LogP contribution in [-0.2, 0) is 11.3 Å². The highest BCUT2D eigenvalue weighted by Gasteiger charge is 2.07. The number of carbonyl (C=O) groups is 1. The maximum Gasteiger partial charge on any atom is 0.259 e. The van der Waals surface area contributed by atoms with Crippen LogP contribution in [0.2, 0.25) is 0 Å². The van der Waals surface area contributed by atoms with E-state index < -0.39 is 0 Å². The minimum atomic E-state index is -0.318. The summed E-state index contributed by atoms with van der Waals surface area (Å²) in [6, 6.07) is 22.4. The molecule has 1 aromatic heterocycles. The van der Waals surface area contributed by atoms with Gasteiger partial charge in [-0.1, -0.05) is 48.0 Å². The van der Waals surface area contributed by atoms with Crippen molar-refractivity contribution >= 4 is 28.7 Å². The molecular weight excluding hydrogens is 391 g/mol. The second-order valence-corrected chi connectivity index (χ2v) is 7.37. The summed E-state index contributed by atoms with van der Waals surface area (Å²) in [6.45, 7) is 2.87. The Morgan fingerprint density at radius 3 is 2.55 bits per heavy atom. The maximum atomic E-state index is 12.9. The number of anilines is 1. The molecule has 2 N–H and O–H groups in total. The molecule has 0 atom stereocenters. The zero-order chi connectivity index (χ0) is 21.6. The number of aromatic nitrogens is 1. The van der Waals surface area contributed by atoms with Crippen molar-refractivity contribution in [3.05, 3.63) is 102 Å². The summed E-state index contributed by atoms with van der Waals surface area (Å²) < 4.78 is 15.1. The van der Waals surface area contributed by atoms with Gasteiger partial charge in [-0.25, -0.2) is 9.82 Å². The first-order valence-electron chi connectivity index (χ1n) is 10.0. The summed E-state index contributed by atoms with van der Waals surface area (Å²) in [6.07, 6.45) is 3.70. The molecule has 0 unspecified atom stereocenters. The number of fused-ring (bicyclic) bond motifs is 1. The normalized spacial score (nSPS) is 11.2. The van der Waals surface area contributed by atoms with Crippen LogP contribution in [-0.4, -0.2) is 23.2 Å². The summed E-state index contributed by atoms with van der Waals surface area (Å²) in [5, 5.41) is 8.11. The molecule has 0 bridgehead atoms. The number of carbonyl (C=O) groups excluding carboxylic acids is 1. The molecule has 0 fully saturated rings. The lowest BCUT2D eigenvalue weighted by Gasteiger charge is -2.06. The van der Waals surface area contributed by atoms with Crippen LogP contribution in [0.3, 0.4) is 0 Å². The number of benzene rings is 3. The topological polar surface area (TPSA) is 58.4 Å². The molecule has 4 rings (SSSR count). The second-order valence-electron chi connectivity index (χ2n) is 7.37. The molecule has 31 heavy (non-hydrogen) atoms. The van der Waals surface area contributed by atoms with Crippen molar-refractivity contribution in [3.8, 4) is 0 Å². The summed E-state index contributed by atoms with van der Waals surface area (Å²) in [4.78, 5) is 12.0. The zero-order valence-electron chi connectivity index (χ0n) is 17.2. The van der Waals surface area contributed by atoms with E-state index in [9.17, 15) is 9.18 Å². The summed E-state index contributed by atoms with van der Waals surface area (Å²) in [7, 11) is 0.